The molecular formula is C16H25N5. The lowest BCUT2D eigenvalue weighted by Gasteiger charge is -2.20. The second-order valence-corrected chi connectivity index (χ2v) is 7.25. The summed E-state index contributed by atoms with van der Waals surface area (Å²) in [6.07, 6.45) is 8.86. The van der Waals surface area contributed by atoms with Crippen molar-refractivity contribution in [2.45, 2.75) is 65.0 Å². The lowest BCUT2D eigenvalue weighted by molar-refractivity contribution is 0.366. The van der Waals surface area contributed by atoms with E-state index in [0.29, 0.717) is 6.04 Å². The molecule has 3 rings (SSSR count). The average molecular weight is 287 g/mol. The van der Waals surface area contributed by atoms with Crippen LogP contribution in [0.25, 0.3) is 11.0 Å². The van der Waals surface area contributed by atoms with Gasteiger partial charge in [-0.25, -0.2) is 14.6 Å². The quantitative estimate of drug-likeness (QED) is 0.913. The largest absolute Gasteiger partial charge is 0.367 e. The molecule has 1 aliphatic carbocycles. The molecule has 1 N–H and O–H groups in total. The fourth-order valence-electron chi connectivity index (χ4n) is 2.65. The minimum Gasteiger partial charge on any atom is -0.367 e. The first-order valence-corrected chi connectivity index (χ1v) is 7.91. The number of fused-ring (bicyclic) bond motifs is 1. The summed E-state index contributed by atoms with van der Waals surface area (Å²) in [7, 11) is 0. The number of nitrogens with one attached hydrogen (secondary N) is 1. The Morgan fingerprint density at radius 3 is 2.76 bits per heavy atom. The minimum absolute atomic E-state index is 0.0784. The van der Waals surface area contributed by atoms with Crippen molar-refractivity contribution in [3.63, 3.8) is 0 Å². The molecule has 0 saturated heterocycles. The molecule has 0 aromatic carbocycles. The van der Waals surface area contributed by atoms with E-state index < -0.39 is 0 Å². The van der Waals surface area contributed by atoms with Gasteiger partial charge >= 0.3 is 0 Å². The van der Waals surface area contributed by atoms with Gasteiger partial charge in [0.15, 0.2) is 5.65 Å². The summed E-state index contributed by atoms with van der Waals surface area (Å²) >= 11 is 0. The first-order valence-electron chi connectivity index (χ1n) is 7.91. The van der Waals surface area contributed by atoms with E-state index in [2.05, 4.69) is 48.1 Å². The van der Waals surface area contributed by atoms with E-state index in [9.17, 15) is 0 Å². The molecular weight excluding hydrogens is 262 g/mol. The Hall–Kier alpha value is -1.65. The highest BCUT2D eigenvalue weighted by molar-refractivity contribution is 5.86. The van der Waals surface area contributed by atoms with Gasteiger partial charge in [0.1, 0.15) is 12.1 Å². The first-order chi connectivity index (χ1) is 9.95. The Morgan fingerprint density at radius 2 is 2.10 bits per heavy atom. The molecule has 1 unspecified atom stereocenters. The molecule has 2 heterocycles. The number of nitrogens with zero attached hydrogens (tertiary/aromatic N) is 4. The van der Waals surface area contributed by atoms with Gasteiger partial charge in [-0.3, -0.25) is 0 Å². The normalized spacial score (nSPS) is 17.1. The summed E-state index contributed by atoms with van der Waals surface area (Å²) in [6.45, 7) is 8.62. The average Bonchev–Trinajstić information content (AvgIpc) is 3.12. The van der Waals surface area contributed by atoms with Crippen LogP contribution in [0.3, 0.4) is 0 Å². The third-order valence-corrected chi connectivity index (χ3v) is 4.09. The van der Waals surface area contributed by atoms with Crippen molar-refractivity contribution >= 4 is 16.9 Å². The minimum atomic E-state index is -0.0784. The van der Waals surface area contributed by atoms with Crippen molar-refractivity contribution in [3.8, 4) is 0 Å². The Labute approximate surface area is 126 Å². The van der Waals surface area contributed by atoms with Crippen molar-refractivity contribution in [2.24, 2.45) is 5.92 Å². The predicted molar refractivity (Wildman–Crippen MR) is 85.4 cm³/mol. The number of rotatable bonds is 5. The Bertz CT molecular complexity index is 621. The topological polar surface area (TPSA) is 55.6 Å². The molecule has 21 heavy (non-hydrogen) atoms. The van der Waals surface area contributed by atoms with Crippen molar-refractivity contribution < 1.29 is 0 Å². The maximum absolute atomic E-state index is 4.49. The van der Waals surface area contributed by atoms with Crippen LogP contribution in [0, 0.1) is 5.92 Å². The smallest absolute Gasteiger partial charge is 0.163 e. The molecule has 1 aliphatic rings. The van der Waals surface area contributed by atoms with Gasteiger partial charge in [0, 0.05) is 6.04 Å². The third-order valence-electron chi connectivity index (χ3n) is 4.09. The van der Waals surface area contributed by atoms with Crippen LogP contribution >= 0.6 is 0 Å². The van der Waals surface area contributed by atoms with E-state index in [0.717, 1.165) is 22.8 Å². The lowest BCUT2D eigenvalue weighted by Crippen LogP contribution is -2.23. The highest BCUT2D eigenvalue weighted by atomic mass is 15.3. The molecule has 0 bridgehead atoms. The van der Waals surface area contributed by atoms with Gasteiger partial charge < -0.3 is 5.32 Å². The molecule has 2 aromatic heterocycles. The summed E-state index contributed by atoms with van der Waals surface area (Å²) in [5.41, 5.74) is 0.819. The van der Waals surface area contributed by atoms with E-state index in [-0.39, 0.29) is 5.54 Å². The van der Waals surface area contributed by atoms with Gasteiger partial charge in [0.05, 0.1) is 17.1 Å². The summed E-state index contributed by atoms with van der Waals surface area (Å²) in [4.78, 5) is 8.82. The number of anilines is 1. The molecule has 1 saturated carbocycles. The van der Waals surface area contributed by atoms with Crippen molar-refractivity contribution in [2.75, 3.05) is 5.32 Å². The van der Waals surface area contributed by atoms with Gasteiger partial charge in [-0.15, -0.1) is 0 Å². The standard InChI is InChI=1S/C16H25N5/c1-11(5-6-12-7-8-12)20-14-13-9-19-21(16(2,3)4)15(13)18-10-17-14/h9-12H,5-8H2,1-4H3,(H,17,18,20). The van der Waals surface area contributed by atoms with E-state index in [4.69, 9.17) is 0 Å². The van der Waals surface area contributed by atoms with E-state index in [1.54, 1.807) is 6.33 Å². The van der Waals surface area contributed by atoms with E-state index >= 15 is 0 Å². The maximum atomic E-state index is 4.49. The molecule has 0 aliphatic heterocycles. The zero-order valence-corrected chi connectivity index (χ0v) is 13.4. The lowest BCUT2D eigenvalue weighted by atomic mass is 10.1. The fourth-order valence-corrected chi connectivity index (χ4v) is 2.65. The summed E-state index contributed by atoms with van der Waals surface area (Å²) in [5.74, 6) is 1.88. The maximum Gasteiger partial charge on any atom is 0.163 e. The van der Waals surface area contributed by atoms with Crippen LogP contribution in [-0.2, 0) is 5.54 Å². The van der Waals surface area contributed by atoms with Crippen molar-refractivity contribution in [1.29, 1.82) is 0 Å². The van der Waals surface area contributed by atoms with Gasteiger partial charge in [-0.05, 0) is 46.5 Å². The van der Waals surface area contributed by atoms with Crippen LogP contribution in [0.1, 0.15) is 53.4 Å². The van der Waals surface area contributed by atoms with Crippen LogP contribution < -0.4 is 5.32 Å². The van der Waals surface area contributed by atoms with Gasteiger partial charge in [-0.2, -0.15) is 5.10 Å². The Morgan fingerprint density at radius 1 is 1.33 bits per heavy atom. The Balaban J connectivity index is 1.80. The first kappa shape index (κ1) is 14.3. The molecule has 1 fully saturated rings. The van der Waals surface area contributed by atoms with E-state index in [1.165, 1.54) is 25.7 Å². The Kier molecular flexibility index (Phi) is 3.59. The fraction of sp³-hybridized carbons (Fsp3) is 0.688. The highest BCUT2D eigenvalue weighted by Gasteiger charge is 2.22. The van der Waals surface area contributed by atoms with Gasteiger partial charge in [-0.1, -0.05) is 12.8 Å². The number of hydrogen-bond acceptors (Lipinski definition) is 4. The highest BCUT2D eigenvalue weighted by Crippen LogP contribution is 2.34. The molecule has 1 atom stereocenters. The molecule has 2 aromatic rings. The molecule has 0 amide bonds. The summed E-state index contributed by atoms with van der Waals surface area (Å²) in [6, 6.07) is 0.432. The summed E-state index contributed by atoms with van der Waals surface area (Å²) in [5, 5.41) is 9.03. The van der Waals surface area contributed by atoms with Crippen LogP contribution in [0.4, 0.5) is 5.82 Å². The molecule has 114 valence electrons. The molecule has 5 heteroatoms. The van der Waals surface area contributed by atoms with Crippen LogP contribution in [0.15, 0.2) is 12.5 Å². The number of aromatic nitrogens is 4. The predicted octanol–water partition coefficient (Wildman–Crippen LogP) is 3.57. The third kappa shape index (κ3) is 3.17. The molecule has 5 nitrogen and oxygen atoms in total. The van der Waals surface area contributed by atoms with Gasteiger partial charge in [0.2, 0.25) is 0 Å². The van der Waals surface area contributed by atoms with Crippen molar-refractivity contribution in [3.05, 3.63) is 12.5 Å². The molecule has 0 spiro atoms. The number of hydrogen-bond donors (Lipinski definition) is 1. The molecule has 0 radical (unpaired) electrons. The van der Waals surface area contributed by atoms with Crippen LogP contribution in [-0.4, -0.2) is 25.8 Å². The van der Waals surface area contributed by atoms with Crippen molar-refractivity contribution in [1.82, 2.24) is 19.7 Å². The second-order valence-electron chi connectivity index (χ2n) is 7.25. The van der Waals surface area contributed by atoms with E-state index in [1.807, 2.05) is 10.9 Å². The van der Waals surface area contributed by atoms with Gasteiger partial charge in [0.25, 0.3) is 0 Å². The zero-order chi connectivity index (χ0) is 15.0. The van der Waals surface area contributed by atoms with Crippen LogP contribution in [0.5, 0.6) is 0 Å². The SMILES string of the molecule is CC(CCC1CC1)Nc1ncnc2c1cnn2C(C)(C)C. The second kappa shape index (κ2) is 5.28. The van der Waals surface area contributed by atoms with Crippen LogP contribution in [0.2, 0.25) is 0 Å². The summed E-state index contributed by atoms with van der Waals surface area (Å²) < 4.78 is 1.96. The monoisotopic (exact) mass is 287 g/mol. The zero-order valence-electron chi connectivity index (χ0n) is 13.4.